The fourth-order valence-corrected chi connectivity index (χ4v) is 1.23. The van der Waals surface area contributed by atoms with Crippen molar-refractivity contribution in [1.29, 1.82) is 0 Å². The summed E-state index contributed by atoms with van der Waals surface area (Å²) in [5, 5.41) is 13.0. The van der Waals surface area contributed by atoms with Gasteiger partial charge in [0.2, 0.25) is 0 Å². The highest BCUT2D eigenvalue weighted by Crippen LogP contribution is 2.10. The summed E-state index contributed by atoms with van der Waals surface area (Å²) < 4.78 is 0. The first-order valence-electron chi connectivity index (χ1n) is 4.89. The smallest absolute Gasteiger partial charge is 0.157 e. The first-order valence-corrected chi connectivity index (χ1v) is 4.89. The van der Waals surface area contributed by atoms with E-state index in [2.05, 4.69) is 5.16 Å². The topological polar surface area (TPSA) is 41.8 Å². The summed E-state index contributed by atoms with van der Waals surface area (Å²) in [6.07, 6.45) is 1.55. The molecule has 0 aromatic heterocycles. The van der Waals surface area contributed by atoms with E-state index in [4.69, 9.17) is 4.84 Å². The van der Waals surface area contributed by atoms with Gasteiger partial charge in [-0.3, -0.25) is 0 Å². The lowest BCUT2D eigenvalue weighted by Crippen LogP contribution is -1.86. The van der Waals surface area contributed by atoms with E-state index in [1.807, 2.05) is 36.4 Å². The first-order chi connectivity index (χ1) is 7.84. The minimum absolute atomic E-state index is 0.212. The van der Waals surface area contributed by atoms with Crippen molar-refractivity contribution in [3.05, 3.63) is 60.2 Å². The third-order valence-corrected chi connectivity index (χ3v) is 1.97. The monoisotopic (exact) mass is 213 g/mol. The van der Waals surface area contributed by atoms with Gasteiger partial charge in [-0.15, -0.1) is 0 Å². The highest BCUT2D eigenvalue weighted by atomic mass is 16.6. The predicted octanol–water partition coefficient (Wildman–Crippen LogP) is 2.81. The first kappa shape index (κ1) is 10.2. The zero-order valence-electron chi connectivity index (χ0n) is 8.58. The van der Waals surface area contributed by atoms with E-state index in [9.17, 15) is 5.11 Å². The number of phenols is 1. The highest BCUT2D eigenvalue weighted by molar-refractivity contribution is 5.79. The quantitative estimate of drug-likeness (QED) is 0.629. The van der Waals surface area contributed by atoms with Gasteiger partial charge in [-0.2, -0.15) is 0 Å². The zero-order valence-corrected chi connectivity index (χ0v) is 8.58. The van der Waals surface area contributed by atoms with Crippen LogP contribution in [0.15, 0.2) is 59.8 Å². The van der Waals surface area contributed by atoms with Crippen molar-refractivity contribution in [1.82, 2.24) is 0 Å². The molecule has 0 aliphatic carbocycles. The molecular formula is C13H11NO2. The SMILES string of the molecule is Oc1cccc(/C=N/Oc2ccccc2)c1. The van der Waals surface area contributed by atoms with Gasteiger partial charge in [0.05, 0.1) is 6.21 Å². The van der Waals surface area contributed by atoms with Crippen LogP contribution in [0, 0.1) is 0 Å². The summed E-state index contributed by atoms with van der Waals surface area (Å²) >= 11 is 0. The van der Waals surface area contributed by atoms with Crippen LogP contribution in [0.4, 0.5) is 0 Å². The van der Waals surface area contributed by atoms with Crippen molar-refractivity contribution in [2.24, 2.45) is 5.16 Å². The minimum Gasteiger partial charge on any atom is -0.508 e. The molecule has 0 spiro atoms. The molecule has 0 bridgehead atoms. The largest absolute Gasteiger partial charge is 0.508 e. The second-order valence-electron chi connectivity index (χ2n) is 3.23. The lowest BCUT2D eigenvalue weighted by molar-refractivity contribution is 0.344. The Morgan fingerprint density at radius 2 is 1.81 bits per heavy atom. The summed E-state index contributed by atoms with van der Waals surface area (Å²) in [7, 11) is 0. The van der Waals surface area contributed by atoms with E-state index >= 15 is 0 Å². The van der Waals surface area contributed by atoms with E-state index in [0.717, 1.165) is 5.56 Å². The molecule has 2 aromatic rings. The van der Waals surface area contributed by atoms with Crippen LogP contribution in [0.1, 0.15) is 5.56 Å². The molecule has 0 aliphatic heterocycles. The second-order valence-corrected chi connectivity index (χ2v) is 3.23. The molecule has 0 atom stereocenters. The summed E-state index contributed by atoms with van der Waals surface area (Å²) in [4.78, 5) is 5.14. The number of nitrogens with zero attached hydrogens (tertiary/aromatic N) is 1. The normalized spacial score (nSPS) is 10.5. The predicted molar refractivity (Wildman–Crippen MR) is 62.8 cm³/mol. The van der Waals surface area contributed by atoms with Crippen LogP contribution in [0.25, 0.3) is 0 Å². The van der Waals surface area contributed by atoms with Gasteiger partial charge >= 0.3 is 0 Å². The summed E-state index contributed by atoms with van der Waals surface area (Å²) in [6, 6.07) is 16.1. The van der Waals surface area contributed by atoms with Crippen LogP contribution in [-0.4, -0.2) is 11.3 Å². The Morgan fingerprint density at radius 1 is 1.00 bits per heavy atom. The number of benzene rings is 2. The molecule has 0 aliphatic rings. The number of aromatic hydroxyl groups is 1. The Bertz CT molecular complexity index is 480. The molecule has 0 fully saturated rings. The van der Waals surface area contributed by atoms with Gasteiger partial charge in [0.15, 0.2) is 5.75 Å². The molecule has 0 amide bonds. The van der Waals surface area contributed by atoms with E-state index in [-0.39, 0.29) is 5.75 Å². The van der Waals surface area contributed by atoms with Crippen LogP contribution >= 0.6 is 0 Å². The van der Waals surface area contributed by atoms with Crippen LogP contribution in [-0.2, 0) is 0 Å². The molecule has 3 heteroatoms. The van der Waals surface area contributed by atoms with E-state index in [1.54, 1.807) is 24.4 Å². The zero-order chi connectivity index (χ0) is 11.2. The maximum Gasteiger partial charge on any atom is 0.157 e. The molecule has 0 saturated carbocycles. The van der Waals surface area contributed by atoms with E-state index < -0.39 is 0 Å². The van der Waals surface area contributed by atoms with Crippen LogP contribution in [0.2, 0.25) is 0 Å². The summed E-state index contributed by atoms with van der Waals surface area (Å²) in [5.41, 5.74) is 0.788. The average molecular weight is 213 g/mol. The number of rotatable bonds is 3. The maximum atomic E-state index is 9.23. The van der Waals surface area contributed by atoms with Gasteiger partial charge in [0, 0.05) is 0 Å². The van der Waals surface area contributed by atoms with E-state index in [1.165, 1.54) is 0 Å². The Morgan fingerprint density at radius 3 is 2.56 bits per heavy atom. The molecule has 0 unspecified atom stereocenters. The van der Waals surface area contributed by atoms with Crippen molar-refractivity contribution < 1.29 is 9.94 Å². The summed E-state index contributed by atoms with van der Waals surface area (Å²) in [5.74, 6) is 0.891. The van der Waals surface area contributed by atoms with Crippen molar-refractivity contribution in [3.63, 3.8) is 0 Å². The lowest BCUT2D eigenvalue weighted by Gasteiger charge is -1.97. The number of hydrogen-bond donors (Lipinski definition) is 1. The molecule has 16 heavy (non-hydrogen) atoms. The van der Waals surface area contributed by atoms with Gasteiger partial charge < -0.3 is 9.94 Å². The lowest BCUT2D eigenvalue weighted by atomic mass is 10.2. The Balaban J connectivity index is 2.00. The van der Waals surface area contributed by atoms with Crippen molar-refractivity contribution in [2.75, 3.05) is 0 Å². The average Bonchev–Trinajstić information content (AvgIpc) is 2.30. The summed E-state index contributed by atoms with van der Waals surface area (Å²) in [6.45, 7) is 0. The number of oxime groups is 1. The van der Waals surface area contributed by atoms with Crippen molar-refractivity contribution in [3.8, 4) is 11.5 Å². The Kier molecular flexibility index (Phi) is 3.18. The third-order valence-electron chi connectivity index (χ3n) is 1.97. The maximum absolute atomic E-state index is 9.23. The van der Waals surface area contributed by atoms with Gasteiger partial charge in [-0.1, -0.05) is 35.5 Å². The van der Waals surface area contributed by atoms with Gasteiger partial charge in [-0.25, -0.2) is 0 Å². The third kappa shape index (κ3) is 2.85. The number of para-hydroxylation sites is 1. The van der Waals surface area contributed by atoms with E-state index in [0.29, 0.717) is 5.75 Å². The van der Waals surface area contributed by atoms with Crippen LogP contribution in [0.5, 0.6) is 11.5 Å². The van der Waals surface area contributed by atoms with Gasteiger partial charge in [-0.05, 0) is 29.8 Å². The Hall–Kier alpha value is -2.29. The van der Waals surface area contributed by atoms with Crippen LogP contribution < -0.4 is 4.84 Å². The molecule has 80 valence electrons. The van der Waals surface area contributed by atoms with Gasteiger partial charge in [0.1, 0.15) is 5.75 Å². The highest BCUT2D eigenvalue weighted by Gasteiger charge is 1.91. The second kappa shape index (κ2) is 4.98. The Labute approximate surface area is 93.6 Å². The van der Waals surface area contributed by atoms with Crippen molar-refractivity contribution in [2.45, 2.75) is 0 Å². The minimum atomic E-state index is 0.212. The molecule has 0 heterocycles. The molecular weight excluding hydrogens is 202 g/mol. The van der Waals surface area contributed by atoms with Crippen LogP contribution in [0.3, 0.4) is 0 Å². The van der Waals surface area contributed by atoms with Gasteiger partial charge in [0.25, 0.3) is 0 Å². The molecule has 0 radical (unpaired) electrons. The number of hydrogen-bond acceptors (Lipinski definition) is 3. The molecule has 2 aromatic carbocycles. The van der Waals surface area contributed by atoms with Crippen molar-refractivity contribution >= 4 is 6.21 Å². The molecule has 1 N–H and O–H groups in total. The molecule has 0 saturated heterocycles. The standard InChI is InChI=1S/C13H11NO2/c15-12-6-4-5-11(9-12)10-14-16-13-7-2-1-3-8-13/h1-10,15H/b14-10+. The fourth-order valence-electron chi connectivity index (χ4n) is 1.23. The molecule has 3 nitrogen and oxygen atoms in total. The number of phenolic OH excluding ortho intramolecular Hbond substituents is 1. The molecule has 2 rings (SSSR count). The fraction of sp³-hybridized carbons (Fsp3) is 0.